The number of Topliss-reactive ketones (excluding diaryl/α,β-unsaturated/α-hetero) is 1. The van der Waals surface area contributed by atoms with Gasteiger partial charge in [0.2, 0.25) is 10.0 Å². The highest BCUT2D eigenvalue weighted by molar-refractivity contribution is 8.00. The van der Waals surface area contributed by atoms with Crippen molar-refractivity contribution in [3.8, 4) is 5.75 Å². The van der Waals surface area contributed by atoms with Gasteiger partial charge in [-0.1, -0.05) is 19.9 Å². The van der Waals surface area contributed by atoms with Gasteiger partial charge in [-0.05, 0) is 55.2 Å². The lowest BCUT2D eigenvalue weighted by molar-refractivity contribution is -0.128. The highest BCUT2D eigenvalue weighted by atomic mass is 32.2. The Bertz CT molecular complexity index is 1110. The van der Waals surface area contributed by atoms with Crippen molar-refractivity contribution in [2.24, 2.45) is 16.7 Å². The molecule has 186 valence electrons. The number of thioether (sulfide) groups is 1. The van der Waals surface area contributed by atoms with Gasteiger partial charge < -0.3 is 9.64 Å². The normalized spacial score (nSPS) is 30.3. The van der Waals surface area contributed by atoms with Crippen LogP contribution in [0.1, 0.15) is 56.3 Å². The Morgan fingerprint density at radius 2 is 1.91 bits per heavy atom. The molecule has 9 heteroatoms. The summed E-state index contributed by atoms with van der Waals surface area (Å²) in [5.41, 5.74) is -0.425. The number of carbonyl (C=O) groups is 2. The molecule has 0 N–H and O–H groups in total. The number of amides is 1. The van der Waals surface area contributed by atoms with Crippen LogP contribution in [-0.4, -0.2) is 72.4 Å². The van der Waals surface area contributed by atoms with Crippen LogP contribution in [0.5, 0.6) is 5.75 Å². The SMILES string of the molecule is COc1cccc(C(=O)N2CCSC23CCN(S(=O)(=O)CC24CCC(CC2=O)C4(C)C)CC3)c1. The third-order valence-electron chi connectivity index (χ3n) is 9.20. The number of methoxy groups -OCH3 is 1. The van der Waals surface area contributed by atoms with Gasteiger partial charge in [0, 0.05) is 42.8 Å². The van der Waals surface area contributed by atoms with Crippen LogP contribution in [0.2, 0.25) is 0 Å². The number of hydrogen-bond acceptors (Lipinski definition) is 6. The molecule has 2 aliphatic carbocycles. The van der Waals surface area contributed by atoms with Crippen LogP contribution >= 0.6 is 11.8 Å². The van der Waals surface area contributed by atoms with Gasteiger partial charge in [0.15, 0.2) is 0 Å². The van der Waals surface area contributed by atoms with E-state index in [9.17, 15) is 18.0 Å². The molecular weight excluding hydrogens is 472 g/mol. The summed E-state index contributed by atoms with van der Waals surface area (Å²) < 4.78 is 33.9. The van der Waals surface area contributed by atoms with Crippen molar-refractivity contribution in [3.05, 3.63) is 29.8 Å². The van der Waals surface area contributed by atoms with E-state index in [0.29, 0.717) is 62.5 Å². The molecule has 2 aliphatic heterocycles. The van der Waals surface area contributed by atoms with E-state index in [1.165, 1.54) is 0 Å². The summed E-state index contributed by atoms with van der Waals surface area (Å²) >= 11 is 1.76. The van der Waals surface area contributed by atoms with Crippen molar-refractivity contribution in [1.29, 1.82) is 0 Å². The minimum atomic E-state index is -3.58. The number of nitrogens with zero attached hydrogens (tertiary/aromatic N) is 2. The van der Waals surface area contributed by atoms with Gasteiger partial charge in [-0.3, -0.25) is 9.59 Å². The molecule has 5 rings (SSSR count). The first kappa shape index (κ1) is 24.1. The van der Waals surface area contributed by atoms with E-state index >= 15 is 0 Å². The lowest BCUT2D eigenvalue weighted by Gasteiger charge is -2.44. The average Bonchev–Trinajstić information content (AvgIpc) is 3.38. The minimum Gasteiger partial charge on any atom is -0.497 e. The Hall–Kier alpha value is -1.58. The maximum absolute atomic E-state index is 13.5. The fraction of sp³-hybridized carbons (Fsp3) is 0.680. The molecule has 4 fully saturated rings. The van der Waals surface area contributed by atoms with Gasteiger partial charge in [0.05, 0.1) is 17.7 Å². The van der Waals surface area contributed by atoms with Crippen LogP contribution in [0.3, 0.4) is 0 Å². The highest BCUT2D eigenvalue weighted by Crippen LogP contribution is 2.64. The Labute approximate surface area is 206 Å². The van der Waals surface area contributed by atoms with E-state index < -0.39 is 15.4 Å². The van der Waals surface area contributed by atoms with E-state index in [0.717, 1.165) is 12.2 Å². The number of ether oxygens (including phenoxy) is 1. The lowest BCUT2D eigenvalue weighted by atomic mass is 9.70. The minimum absolute atomic E-state index is 0.0330. The fourth-order valence-corrected chi connectivity index (χ4v) is 10.5. The number of rotatable bonds is 5. The molecule has 2 saturated heterocycles. The van der Waals surface area contributed by atoms with Gasteiger partial charge in [-0.2, -0.15) is 0 Å². The number of hydrogen-bond donors (Lipinski definition) is 0. The molecule has 1 amide bonds. The summed E-state index contributed by atoms with van der Waals surface area (Å²) in [5.74, 6) is 1.81. The molecule has 34 heavy (non-hydrogen) atoms. The second-order valence-electron chi connectivity index (χ2n) is 10.8. The Kier molecular flexibility index (Phi) is 5.84. The van der Waals surface area contributed by atoms with Gasteiger partial charge in [0.1, 0.15) is 11.5 Å². The number of benzene rings is 1. The predicted octanol–water partition coefficient (Wildman–Crippen LogP) is 3.40. The molecule has 0 radical (unpaired) electrons. The fourth-order valence-electron chi connectivity index (χ4n) is 6.85. The Morgan fingerprint density at radius 1 is 1.18 bits per heavy atom. The molecule has 7 nitrogen and oxygen atoms in total. The van der Waals surface area contributed by atoms with Crippen LogP contribution in [0.25, 0.3) is 0 Å². The molecular formula is C25H34N2O5S2. The third-order valence-corrected chi connectivity index (χ3v) is 12.8. The topological polar surface area (TPSA) is 84.0 Å². The largest absolute Gasteiger partial charge is 0.497 e. The van der Waals surface area contributed by atoms with Gasteiger partial charge >= 0.3 is 0 Å². The highest BCUT2D eigenvalue weighted by Gasteiger charge is 2.65. The van der Waals surface area contributed by atoms with E-state index in [1.807, 2.05) is 17.0 Å². The van der Waals surface area contributed by atoms with E-state index in [-0.39, 0.29) is 27.7 Å². The van der Waals surface area contributed by atoms with E-state index in [1.54, 1.807) is 35.3 Å². The van der Waals surface area contributed by atoms with Gasteiger partial charge in [-0.15, -0.1) is 11.8 Å². The van der Waals surface area contributed by atoms with Gasteiger partial charge in [-0.25, -0.2) is 12.7 Å². The number of piperidine rings is 1. The first-order valence-electron chi connectivity index (χ1n) is 12.2. The number of fused-ring (bicyclic) bond motifs is 2. The zero-order valence-electron chi connectivity index (χ0n) is 20.2. The second-order valence-corrected chi connectivity index (χ2v) is 14.2. The molecule has 1 aromatic carbocycles. The monoisotopic (exact) mass is 506 g/mol. The lowest BCUT2D eigenvalue weighted by Crippen LogP contribution is -2.55. The molecule has 0 aromatic heterocycles. The summed E-state index contributed by atoms with van der Waals surface area (Å²) in [5, 5.41) is 0. The van der Waals surface area contributed by atoms with Crippen LogP contribution in [0.15, 0.2) is 24.3 Å². The van der Waals surface area contributed by atoms with Crippen molar-refractivity contribution in [1.82, 2.24) is 9.21 Å². The number of sulfonamides is 1. The maximum Gasteiger partial charge on any atom is 0.255 e. The molecule has 2 unspecified atom stereocenters. The average molecular weight is 507 g/mol. The summed E-state index contributed by atoms with van der Waals surface area (Å²) in [6, 6.07) is 7.19. The van der Waals surface area contributed by atoms with Crippen molar-refractivity contribution < 1.29 is 22.7 Å². The van der Waals surface area contributed by atoms with Crippen LogP contribution < -0.4 is 4.74 Å². The number of carbonyl (C=O) groups excluding carboxylic acids is 2. The summed E-state index contributed by atoms with van der Waals surface area (Å²) in [7, 11) is -1.99. The zero-order valence-corrected chi connectivity index (χ0v) is 21.8. The van der Waals surface area contributed by atoms with Crippen molar-refractivity contribution >= 4 is 33.5 Å². The summed E-state index contributed by atoms with van der Waals surface area (Å²) in [4.78, 5) is 27.8. The van der Waals surface area contributed by atoms with Crippen molar-refractivity contribution in [2.75, 3.05) is 38.2 Å². The Morgan fingerprint density at radius 3 is 2.53 bits per heavy atom. The Balaban J connectivity index is 1.31. The molecule has 2 atom stereocenters. The van der Waals surface area contributed by atoms with Crippen LogP contribution in [0, 0.1) is 16.7 Å². The van der Waals surface area contributed by atoms with Crippen molar-refractivity contribution in [3.63, 3.8) is 0 Å². The van der Waals surface area contributed by atoms with E-state index in [4.69, 9.17) is 4.74 Å². The molecule has 2 saturated carbocycles. The standard InChI is InChI=1S/C25H34N2O5S2/c1-23(2)19-7-8-24(23,21(28)16-19)17-34(30,31)26-11-9-25(10-12-26)27(13-14-33-25)22(29)18-5-4-6-20(15-18)32-3/h4-6,15,19H,7-14,16-17H2,1-3H3. The zero-order chi connectivity index (χ0) is 24.4. The predicted molar refractivity (Wildman–Crippen MR) is 132 cm³/mol. The maximum atomic E-state index is 13.5. The third kappa shape index (κ3) is 3.53. The molecule has 2 bridgehead atoms. The van der Waals surface area contributed by atoms with Gasteiger partial charge in [0.25, 0.3) is 5.91 Å². The van der Waals surface area contributed by atoms with Crippen molar-refractivity contribution in [2.45, 2.75) is 50.8 Å². The first-order chi connectivity index (χ1) is 16.0. The first-order valence-corrected chi connectivity index (χ1v) is 14.8. The summed E-state index contributed by atoms with van der Waals surface area (Å²) in [6.45, 7) is 5.57. The quantitative estimate of drug-likeness (QED) is 0.609. The van der Waals surface area contributed by atoms with Crippen LogP contribution in [0.4, 0.5) is 0 Å². The number of ketones is 1. The molecule has 2 heterocycles. The molecule has 4 aliphatic rings. The second kappa shape index (κ2) is 8.23. The van der Waals surface area contributed by atoms with Crippen LogP contribution in [-0.2, 0) is 14.8 Å². The van der Waals surface area contributed by atoms with E-state index in [2.05, 4.69) is 13.8 Å². The summed E-state index contributed by atoms with van der Waals surface area (Å²) in [6.07, 6.45) is 3.33. The molecule has 1 spiro atoms. The molecule has 1 aromatic rings. The smallest absolute Gasteiger partial charge is 0.255 e.